The average Bonchev–Trinajstić information content (AvgIpc) is 2.81. The molecule has 3 rings (SSSR count). The molecule has 0 spiro atoms. The van der Waals surface area contributed by atoms with E-state index in [1.807, 2.05) is 25.1 Å². The van der Waals surface area contributed by atoms with E-state index in [2.05, 4.69) is 22.8 Å². The normalized spacial score (nSPS) is 25.7. The predicted octanol–water partition coefficient (Wildman–Crippen LogP) is 1.93. The van der Waals surface area contributed by atoms with Crippen LogP contribution in [-0.4, -0.2) is 42.0 Å². The van der Waals surface area contributed by atoms with Gasteiger partial charge in [-0.05, 0) is 57.2 Å². The molecule has 2 N–H and O–H groups in total. The van der Waals surface area contributed by atoms with Crippen LogP contribution in [0.1, 0.15) is 31.7 Å². The molecule has 1 aromatic rings. The maximum absolute atomic E-state index is 12.8. The lowest BCUT2D eigenvalue weighted by Gasteiger charge is -2.34. The first kappa shape index (κ1) is 16.0. The number of urea groups is 1. The Kier molecular flexibility index (Phi) is 4.66. The quantitative estimate of drug-likeness (QED) is 0.816. The number of nitrogens with zero attached hydrogens (tertiary/aromatic N) is 1. The van der Waals surface area contributed by atoms with E-state index in [1.165, 1.54) is 10.5 Å². The fourth-order valence-corrected chi connectivity index (χ4v) is 3.68. The summed E-state index contributed by atoms with van der Waals surface area (Å²) in [6.07, 6.45) is 3.54. The number of amides is 3. The maximum atomic E-state index is 12.8. The fourth-order valence-electron chi connectivity index (χ4n) is 3.68. The highest BCUT2D eigenvalue weighted by Crippen LogP contribution is 2.31. The van der Waals surface area contributed by atoms with Crippen LogP contribution in [0, 0.1) is 5.92 Å². The summed E-state index contributed by atoms with van der Waals surface area (Å²) in [6.45, 7) is 4.20. The smallest absolute Gasteiger partial charge is 0.323 e. The van der Waals surface area contributed by atoms with E-state index >= 15 is 0 Å². The summed E-state index contributed by atoms with van der Waals surface area (Å²) in [5, 5.41) is 6.27. The number of carbonyl (C=O) groups excluding carboxylic acids is 2. The maximum Gasteiger partial charge on any atom is 0.325 e. The molecule has 2 aliphatic rings. The second-order valence-corrected chi connectivity index (χ2v) is 6.70. The minimum atomic E-state index is -0.730. The Bertz CT molecular complexity index is 569. The summed E-state index contributed by atoms with van der Waals surface area (Å²) < 4.78 is 0. The van der Waals surface area contributed by atoms with Gasteiger partial charge in [-0.3, -0.25) is 9.69 Å². The van der Waals surface area contributed by atoms with Gasteiger partial charge < -0.3 is 10.6 Å². The van der Waals surface area contributed by atoms with Gasteiger partial charge in [0.2, 0.25) is 0 Å². The van der Waals surface area contributed by atoms with Gasteiger partial charge in [-0.25, -0.2) is 4.79 Å². The zero-order valence-electron chi connectivity index (χ0n) is 13.7. The largest absolute Gasteiger partial charge is 0.325 e. The third-order valence-electron chi connectivity index (χ3n) is 5.15. The van der Waals surface area contributed by atoms with Crippen LogP contribution >= 0.6 is 0 Å². The summed E-state index contributed by atoms with van der Waals surface area (Å²) in [7, 11) is 0. The number of carbonyl (C=O) groups is 2. The molecule has 0 radical (unpaired) electrons. The predicted molar refractivity (Wildman–Crippen MR) is 89.0 cm³/mol. The number of rotatable bonds is 5. The van der Waals surface area contributed by atoms with E-state index in [1.54, 1.807) is 0 Å². The van der Waals surface area contributed by atoms with Crippen molar-refractivity contribution in [1.29, 1.82) is 0 Å². The molecule has 2 saturated heterocycles. The van der Waals surface area contributed by atoms with Crippen molar-refractivity contribution in [3.8, 4) is 0 Å². The van der Waals surface area contributed by atoms with Crippen molar-refractivity contribution in [2.24, 2.45) is 5.92 Å². The number of hydrogen-bond acceptors (Lipinski definition) is 3. The third kappa shape index (κ3) is 3.24. The van der Waals surface area contributed by atoms with Crippen LogP contribution in [0.4, 0.5) is 4.79 Å². The van der Waals surface area contributed by atoms with Crippen molar-refractivity contribution in [3.05, 3.63) is 35.9 Å². The van der Waals surface area contributed by atoms with Crippen LogP contribution in [0.5, 0.6) is 0 Å². The molecule has 3 amide bonds. The highest BCUT2D eigenvalue weighted by Gasteiger charge is 2.51. The van der Waals surface area contributed by atoms with E-state index in [-0.39, 0.29) is 17.9 Å². The van der Waals surface area contributed by atoms with Gasteiger partial charge in [-0.15, -0.1) is 0 Å². The van der Waals surface area contributed by atoms with E-state index in [4.69, 9.17) is 0 Å². The first-order chi connectivity index (χ1) is 11.1. The second-order valence-electron chi connectivity index (χ2n) is 6.70. The van der Waals surface area contributed by atoms with Gasteiger partial charge >= 0.3 is 6.03 Å². The van der Waals surface area contributed by atoms with Crippen molar-refractivity contribution < 1.29 is 9.59 Å². The number of piperidine rings is 1. The molecule has 0 saturated carbocycles. The number of hydrogen-bond donors (Lipinski definition) is 2. The van der Waals surface area contributed by atoms with Gasteiger partial charge in [-0.1, -0.05) is 30.3 Å². The molecule has 0 bridgehead atoms. The lowest BCUT2D eigenvalue weighted by Crippen LogP contribution is -2.53. The molecular weight excluding hydrogens is 290 g/mol. The van der Waals surface area contributed by atoms with Crippen LogP contribution in [-0.2, 0) is 11.2 Å². The van der Waals surface area contributed by atoms with Gasteiger partial charge in [0.25, 0.3) is 5.91 Å². The monoisotopic (exact) mass is 315 g/mol. The molecule has 2 heterocycles. The number of imide groups is 1. The summed E-state index contributed by atoms with van der Waals surface area (Å²) in [5.41, 5.74) is 0.507. The van der Waals surface area contributed by atoms with Crippen molar-refractivity contribution in [2.45, 2.75) is 38.1 Å². The summed E-state index contributed by atoms with van der Waals surface area (Å²) in [4.78, 5) is 26.5. The summed E-state index contributed by atoms with van der Waals surface area (Å²) in [5.74, 6) is 0.168. The summed E-state index contributed by atoms with van der Waals surface area (Å²) in [6, 6.07) is 9.93. The van der Waals surface area contributed by atoms with Gasteiger partial charge in [0.15, 0.2) is 0 Å². The molecule has 2 aliphatic heterocycles. The Morgan fingerprint density at radius 3 is 2.57 bits per heavy atom. The summed E-state index contributed by atoms with van der Waals surface area (Å²) >= 11 is 0. The minimum absolute atomic E-state index is 0.0533. The molecule has 2 fully saturated rings. The minimum Gasteiger partial charge on any atom is -0.323 e. The highest BCUT2D eigenvalue weighted by atomic mass is 16.2. The van der Waals surface area contributed by atoms with Crippen molar-refractivity contribution in [1.82, 2.24) is 15.5 Å². The van der Waals surface area contributed by atoms with Gasteiger partial charge in [0, 0.05) is 6.54 Å². The van der Waals surface area contributed by atoms with E-state index < -0.39 is 5.54 Å². The SMILES string of the molecule is C[C@]1(C2CCNCC2)NC(=O)N(CCCc2ccccc2)C1=O. The molecule has 0 unspecified atom stereocenters. The second kappa shape index (κ2) is 6.71. The molecule has 23 heavy (non-hydrogen) atoms. The Hall–Kier alpha value is -1.88. The Morgan fingerprint density at radius 1 is 1.17 bits per heavy atom. The van der Waals surface area contributed by atoms with Crippen molar-refractivity contribution in [3.63, 3.8) is 0 Å². The molecule has 0 aliphatic carbocycles. The van der Waals surface area contributed by atoms with E-state index in [9.17, 15) is 9.59 Å². The van der Waals surface area contributed by atoms with Crippen LogP contribution in [0.2, 0.25) is 0 Å². The van der Waals surface area contributed by atoms with Crippen LogP contribution in [0.25, 0.3) is 0 Å². The van der Waals surface area contributed by atoms with Gasteiger partial charge in [0.1, 0.15) is 5.54 Å². The van der Waals surface area contributed by atoms with Gasteiger partial charge in [0.05, 0.1) is 0 Å². The number of benzene rings is 1. The first-order valence-corrected chi connectivity index (χ1v) is 8.50. The Labute approximate surface area is 137 Å². The molecule has 5 nitrogen and oxygen atoms in total. The van der Waals surface area contributed by atoms with Crippen molar-refractivity contribution in [2.75, 3.05) is 19.6 Å². The van der Waals surface area contributed by atoms with E-state index in [0.717, 1.165) is 38.8 Å². The average molecular weight is 315 g/mol. The molecular formula is C18H25N3O2. The fraction of sp³-hybridized carbons (Fsp3) is 0.556. The standard InChI is InChI=1S/C18H25N3O2/c1-18(15-9-11-19-12-10-15)16(22)21(17(23)20-18)13-5-8-14-6-3-2-4-7-14/h2-4,6-7,15,19H,5,8-13H2,1H3,(H,20,23)/t18-/m1/s1. The molecule has 0 aromatic heterocycles. The van der Waals surface area contributed by atoms with E-state index in [0.29, 0.717) is 6.54 Å². The lowest BCUT2D eigenvalue weighted by atomic mass is 9.79. The highest BCUT2D eigenvalue weighted by molar-refractivity contribution is 6.07. The van der Waals surface area contributed by atoms with Gasteiger partial charge in [-0.2, -0.15) is 0 Å². The lowest BCUT2D eigenvalue weighted by molar-refractivity contribution is -0.133. The first-order valence-electron chi connectivity index (χ1n) is 8.50. The molecule has 5 heteroatoms. The number of aryl methyl sites for hydroxylation is 1. The number of nitrogens with one attached hydrogen (secondary N) is 2. The molecule has 1 atom stereocenters. The molecule has 1 aromatic carbocycles. The van der Waals surface area contributed by atoms with Crippen LogP contribution < -0.4 is 10.6 Å². The van der Waals surface area contributed by atoms with Crippen LogP contribution in [0.15, 0.2) is 30.3 Å². The van der Waals surface area contributed by atoms with Crippen molar-refractivity contribution >= 4 is 11.9 Å². The Balaban J connectivity index is 1.60. The molecule has 124 valence electrons. The Morgan fingerprint density at radius 2 is 1.87 bits per heavy atom. The zero-order valence-corrected chi connectivity index (χ0v) is 13.7. The van der Waals surface area contributed by atoms with Crippen LogP contribution in [0.3, 0.4) is 0 Å². The zero-order chi connectivity index (χ0) is 16.3. The third-order valence-corrected chi connectivity index (χ3v) is 5.15. The topological polar surface area (TPSA) is 61.4 Å².